The van der Waals surface area contributed by atoms with Crippen LogP contribution in [0.15, 0.2) is 24.4 Å². The average molecular weight is 219 g/mol. The summed E-state index contributed by atoms with van der Waals surface area (Å²) in [4.78, 5) is 0. The van der Waals surface area contributed by atoms with Gasteiger partial charge >= 0.3 is 0 Å². The van der Waals surface area contributed by atoms with Gasteiger partial charge in [0.15, 0.2) is 0 Å². The van der Waals surface area contributed by atoms with Crippen LogP contribution in [0.3, 0.4) is 0 Å². The maximum atomic E-state index is 13.6. The van der Waals surface area contributed by atoms with Gasteiger partial charge in [-0.05, 0) is 18.2 Å². The number of aryl methyl sites for hydroxylation is 1. The molecule has 1 heterocycles. The average Bonchev–Trinajstić information content (AvgIpc) is 2.67. The second-order valence-corrected chi connectivity index (χ2v) is 3.23. The molecule has 0 aliphatic rings. The topological polar surface area (TPSA) is 41.6 Å². The zero-order valence-electron chi connectivity index (χ0n) is 8.41. The Morgan fingerprint density at radius 2 is 1.94 bits per heavy atom. The lowest BCUT2D eigenvalue weighted by Gasteiger charge is -2.06. The molecule has 0 radical (unpaired) electrons. The molecular weight excluding hydrogens is 212 g/mol. The summed E-state index contributed by atoms with van der Waals surface area (Å²) < 4.78 is 28.3. The molecular formula is C11H7F2N3. The summed E-state index contributed by atoms with van der Waals surface area (Å²) in [7, 11) is 1.60. The molecule has 0 saturated carbocycles. The van der Waals surface area contributed by atoms with Crippen LogP contribution in [0, 0.1) is 23.0 Å². The molecule has 16 heavy (non-hydrogen) atoms. The third-order valence-corrected chi connectivity index (χ3v) is 2.29. The molecule has 0 unspecified atom stereocenters. The van der Waals surface area contributed by atoms with Crippen LogP contribution in [0.4, 0.5) is 8.78 Å². The van der Waals surface area contributed by atoms with E-state index in [1.807, 2.05) is 0 Å². The molecule has 1 aromatic carbocycles. The predicted octanol–water partition coefficient (Wildman–Crippen LogP) is 2.24. The summed E-state index contributed by atoms with van der Waals surface area (Å²) in [5, 5.41) is 12.7. The number of benzene rings is 1. The fourth-order valence-corrected chi connectivity index (χ4v) is 1.53. The summed E-state index contributed by atoms with van der Waals surface area (Å²) in [5.41, 5.74) is 0.0136. The van der Waals surface area contributed by atoms with Crippen LogP contribution < -0.4 is 0 Å². The maximum Gasteiger partial charge on any atom is 0.141 e. The van der Waals surface area contributed by atoms with E-state index in [-0.39, 0.29) is 11.1 Å². The Bertz CT molecular complexity index is 581. The van der Waals surface area contributed by atoms with E-state index >= 15 is 0 Å². The number of hydrogen-bond acceptors (Lipinski definition) is 2. The van der Waals surface area contributed by atoms with Crippen molar-refractivity contribution in [2.45, 2.75) is 0 Å². The fraction of sp³-hybridized carbons (Fsp3) is 0.0909. The quantitative estimate of drug-likeness (QED) is 0.738. The van der Waals surface area contributed by atoms with Crippen LogP contribution in [-0.2, 0) is 7.05 Å². The van der Waals surface area contributed by atoms with E-state index < -0.39 is 11.6 Å². The van der Waals surface area contributed by atoms with Crippen molar-refractivity contribution in [3.63, 3.8) is 0 Å². The molecule has 0 saturated heterocycles. The third kappa shape index (κ3) is 1.44. The minimum absolute atomic E-state index is 0.0532. The molecule has 0 aliphatic carbocycles. The van der Waals surface area contributed by atoms with Crippen molar-refractivity contribution in [3.8, 4) is 17.3 Å². The first-order chi connectivity index (χ1) is 7.65. The number of rotatable bonds is 1. The molecule has 2 aromatic rings. The Kier molecular flexibility index (Phi) is 2.41. The van der Waals surface area contributed by atoms with Crippen molar-refractivity contribution in [1.29, 1.82) is 5.26 Å². The van der Waals surface area contributed by atoms with E-state index in [0.717, 1.165) is 12.1 Å². The first-order valence-corrected chi connectivity index (χ1v) is 4.51. The Morgan fingerprint density at radius 1 is 1.25 bits per heavy atom. The summed E-state index contributed by atoms with van der Waals surface area (Å²) >= 11 is 0. The lowest BCUT2D eigenvalue weighted by atomic mass is 10.0. The lowest BCUT2D eigenvalue weighted by Crippen LogP contribution is -1.99. The molecule has 0 atom stereocenters. The molecule has 2 rings (SSSR count). The molecule has 0 spiro atoms. The Morgan fingerprint density at radius 3 is 2.50 bits per heavy atom. The molecule has 0 bridgehead atoms. The van der Waals surface area contributed by atoms with E-state index in [1.54, 1.807) is 13.1 Å². The van der Waals surface area contributed by atoms with Crippen molar-refractivity contribution < 1.29 is 8.78 Å². The van der Waals surface area contributed by atoms with Crippen LogP contribution in [0.2, 0.25) is 0 Å². The van der Waals surface area contributed by atoms with Gasteiger partial charge in [-0.1, -0.05) is 0 Å². The van der Waals surface area contributed by atoms with Crippen molar-refractivity contribution >= 4 is 0 Å². The van der Waals surface area contributed by atoms with Crippen molar-refractivity contribution in [3.05, 3.63) is 41.6 Å². The van der Waals surface area contributed by atoms with Crippen LogP contribution in [-0.4, -0.2) is 9.78 Å². The maximum absolute atomic E-state index is 13.6. The van der Waals surface area contributed by atoms with E-state index in [2.05, 4.69) is 5.10 Å². The van der Waals surface area contributed by atoms with Crippen LogP contribution in [0.25, 0.3) is 11.3 Å². The van der Waals surface area contributed by atoms with Gasteiger partial charge in [0.2, 0.25) is 0 Å². The zero-order chi connectivity index (χ0) is 11.7. The minimum atomic E-state index is -0.736. The number of nitrogens with zero attached hydrogens (tertiary/aromatic N) is 3. The van der Waals surface area contributed by atoms with Gasteiger partial charge in [0, 0.05) is 13.2 Å². The summed E-state index contributed by atoms with van der Waals surface area (Å²) in [5.74, 6) is -1.37. The highest BCUT2D eigenvalue weighted by Crippen LogP contribution is 2.27. The third-order valence-electron chi connectivity index (χ3n) is 2.29. The minimum Gasteiger partial charge on any atom is -0.268 e. The van der Waals surface area contributed by atoms with Gasteiger partial charge < -0.3 is 0 Å². The number of halogens is 2. The molecule has 80 valence electrons. The first kappa shape index (κ1) is 10.3. The number of nitriles is 1. The monoisotopic (exact) mass is 219 g/mol. The highest BCUT2D eigenvalue weighted by molar-refractivity contribution is 5.68. The highest BCUT2D eigenvalue weighted by atomic mass is 19.1. The van der Waals surface area contributed by atoms with Crippen molar-refractivity contribution in [1.82, 2.24) is 9.78 Å². The molecule has 0 aliphatic heterocycles. The van der Waals surface area contributed by atoms with Crippen molar-refractivity contribution in [2.75, 3.05) is 0 Å². The van der Waals surface area contributed by atoms with E-state index in [9.17, 15) is 8.78 Å². The van der Waals surface area contributed by atoms with Gasteiger partial charge in [0.1, 0.15) is 23.3 Å². The first-order valence-electron chi connectivity index (χ1n) is 4.51. The molecule has 0 amide bonds. The van der Waals surface area contributed by atoms with Crippen LogP contribution in [0.1, 0.15) is 5.56 Å². The molecule has 1 aromatic heterocycles. The van der Waals surface area contributed by atoms with E-state index in [1.165, 1.54) is 16.9 Å². The molecule has 0 fully saturated rings. The second-order valence-electron chi connectivity index (χ2n) is 3.23. The second kappa shape index (κ2) is 3.74. The number of hydrogen-bond donors (Lipinski definition) is 0. The van der Waals surface area contributed by atoms with Gasteiger partial charge in [0.25, 0.3) is 0 Å². The standard InChI is InChI=1S/C11H7F2N3/c1-16-10(4-5-15-16)11-7(6-14)8(12)2-3-9(11)13/h2-5H,1H3. The molecule has 3 nitrogen and oxygen atoms in total. The summed E-state index contributed by atoms with van der Waals surface area (Å²) in [6.07, 6.45) is 1.46. The highest BCUT2D eigenvalue weighted by Gasteiger charge is 2.17. The Balaban J connectivity index is 2.79. The SMILES string of the molecule is Cn1nccc1-c1c(F)ccc(F)c1C#N. The zero-order valence-corrected chi connectivity index (χ0v) is 8.41. The summed E-state index contributed by atoms with van der Waals surface area (Å²) in [6.45, 7) is 0. The van der Waals surface area contributed by atoms with Gasteiger partial charge in [-0.2, -0.15) is 10.4 Å². The molecule has 0 N–H and O–H groups in total. The molecule has 5 heteroatoms. The van der Waals surface area contributed by atoms with Crippen LogP contribution >= 0.6 is 0 Å². The van der Waals surface area contributed by atoms with Crippen LogP contribution in [0.5, 0.6) is 0 Å². The normalized spacial score (nSPS) is 10.1. The smallest absolute Gasteiger partial charge is 0.141 e. The van der Waals surface area contributed by atoms with Crippen molar-refractivity contribution in [2.24, 2.45) is 7.05 Å². The largest absolute Gasteiger partial charge is 0.268 e. The Labute approximate surface area is 90.5 Å². The summed E-state index contributed by atoms with van der Waals surface area (Å²) in [6, 6.07) is 5.13. The van der Waals surface area contributed by atoms with E-state index in [4.69, 9.17) is 5.26 Å². The predicted molar refractivity (Wildman–Crippen MR) is 53.3 cm³/mol. The number of aromatic nitrogens is 2. The van der Waals surface area contributed by atoms with E-state index in [0.29, 0.717) is 5.69 Å². The van der Waals surface area contributed by atoms with Gasteiger partial charge in [-0.15, -0.1) is 0 Å². The lowest BCUT2D eigenvalue weighted by molar-refractivity contribution is 0.598. The Hall–Kier alpha value is -2.22. The fourth-order valence-electron chi connectivity index (χ4n) is 1.53. The van der Waals surface area contributed by atoms with Gasteiger partial charge in [-0.25, -0.2) is 8.78 Å². The van der Waals surface area contributed by atoms with Gasteiger partial charge in [0.05, 0.1) is 11.3 Å². The van der Waals surface area contributed by atoms with Gasteiger partial charge in [-0.3, -0.25) is 4.68 Å².